The summed E-state index contributed by atoms with van der Waals surface area (Å²) in [5, 5.41) is 0. The normalized spacial score (nSPS) is 13.2. The lowest BCUT2D eigenvalue weighted by molar-refractivity contribution is -0.161. The van der Waals surface area contributed by atoms with E-state index in [1.54, 1.807) is 0 Å². The Kier molecular flexibility index (Phi) is 36.4. The number of phosphoric acid groups is 1. The maximum Gasteiger partial charge on any atom is 0.469 e. The van der Waals surface area contributed by atoms with Gasteiger partial charge in [-0.05, 0) is 83.5 Å². The lowest BCUT2D eigenvalue weighted by Crippen LogP contribution is -2.29. The van der Waals surface area contributed by atoms with Crippen LogP contribution in [0.2, 0.25) is 0 Å². The Labute approximate surface area is 317 Å². The van der Waals surface area contributed by atoms with Crippen molar-refractivity contribution >= 4 is 19.8 Å². The van der Waals surface area contributed by atoms with Gasteiger partial charge in [-0.15, -0.1) is 0 Å². The van der Waals surface area contributed by atoms with Crippen LogP contribution in [-0.2, 0) is 28.2 Å². The van der Waals surface area contributed by atoms with E-state index in [1.807, 2.05) is 6.08 Å². The van der Waals surface area contributed by atoms with Crippen LogP contribution in [-0.4, -0.2) is 41.0 Å². The molecule has 0 saturated heterocycles. The van der Waals surface area contributed by atoms with Gasteiger partial charge in [-0.25, -0.2) is 4.57 Å². The van der Waals surface area contributed by atoms with Crippen molar-refractivity contribution in [1.82, 2.24) is 0 Å². The number of rotatable bonds is 36. The highest BCUT2D eigenvalue weighted by molar-refractivity contribution is 7.46. The van der Waals surface area contributed by atoms with Crippen molar-refractivity contribution in [2.45, 2.75) is 174 Å². The molecular weight excluding hydrogens is 675 g/mol. The highest BCUT2D eigenvalue weighted by Crippen LogP contribution is 2.36. The maximum atomic E-state index is 12.4. The van der Waals surface area contributed by atoms with E-state index in [0.717, 1.165) is 57.8 Å². The molecule has 0 amide bonds. The number of esters is 2. The number of phosphoric ester groups is 1. The summed E-state index contributed by atoms with van der Waals surface area (Å²) in [5.41, 5.74) is 0. The van der Waals surface area contributed by atoms with Crippen molar-refractivity contribution in [2.75, 3.05) is 13.2 Å². The minimum Gasteiger partial charge on any atom is -0.462 e. The summed E-state index contributed by atoms with van der Waals surface area (Å²) in [6.45, 7) is 3.57. The summed E-state index contributed by atoms with van der Waals surface area (Å²) in [6.07, 6.45) is 49.1. The molecule has 0 aliphatic carbocycles. The molecular formula is C43H73O8P. The first kappa shape index (κ1) is 49.5. The van der Waals surface area contributed by atoms with Crippen molar-refractivity contribution in [1.29, 1.82) is 0 Å². The topological polar surface area (TPSA) is 119 Å². The van der Waals surface area contributed by atoms with E-state index in [2.05, 4.69) is 85.2 Å². The average molecular weight is 749 g/mol. The van der Waals surface area contributed by atoms with Crippen LogP contribution in [0.25, 0.3) is 0 Å². The Bertz CT molecular complexity index is 1070. The third kappa shape index (κ3) is 40.3. The van der Waals surface area contributed by atoms with Crippen LogP contribution >= 0.6 is 7.82 Å². The molecule has 0 radical (unpaired) electrons. The molecule has 8 nitrogen and oxygen atoms in total. The van der Waals surface area contributed by atoms with Gasteiger partial charge in [-0.1, -0.05) is 145 Å². The number of hydrogen-bond acceptors (Lipinski definition) is 6. The van der Waals surface area contributed by atoms with Gasteiger partial charge in [-0.2, -0.15) is 0 Å². The number of unbranched alkanes of at least 4 members (excludes halogenated alkanes) is 14. The van der Waals surface area contributed by atoms with Gasteiger partial charge in [0, 0.05) is 12.8 Å². The second kappa shape index (κ2) is 38.2. The van der Waals surface area contributed by atoms with E-state index >= 15 is 0 Å². The maximum absolute atomic E-state index is 12.4. The van der Waals surface area contributed by atoms with Gasteiger partial charge in [0.1, 0.15) is 6.61 Å². The third-order valence-corrected chi connectivity index (χ3v) is 8.68. The molecule has 0 fully saturated rings. The van der Waals surface area contributed by atoms with Crippen molar-refractivity contribution in [3.05, 3.63) is 72.9 Å². The number of allylic oxidation sites excluding steroid dienone is 12. The van der Waals surface area contributed by atoms with Crippen molar-refractivity contribution in [2.24, 2.45) is 0 Å². The SMILES string of the molecule is CCCCC/C=C/C/C=C/C/C=C/C/C=C/CCCC(=O)OC[C@H](COP(=O)(O)O)OC(=O)CCCCCCCCC/C=C/C/C=C/CCCCC. The molecule has 0 aromatic carbocycles. The van der Waals surface area contributed by atoms with E-state index in [4.69, 9.17) is 19.3 Å². The van der Waals surface area contributed by atoms with Crippen LogP contribution in [0.15, 0.2) is 72.9 Å². The minimum atomic E-state index is -4.77. The Morgan fingerprint density at radius 2 is 0.885 bits per heavy atom. The second-order valence-corrected chi connectivity index (χ2v) is 14.5. The van der Waals surface area contributed by atoms with Crippen LogP contribution in [0.5, 0.6) is 0 Å². The number of carbonyl (C=O) groups is 2. The molecule has 0 saturated carbocycles. The first-order valence-corrected chi connectivity index (χ1v) is 21.8. The number of hydrogen-bond donors (Lipinski definition) is 2. The predicted molar refractivity (Wildman–Crippen MR) is 216 cm³/mol. The van der Waals surface area contributed by atoms with Gasteiger partial charge in [0.15, 0.2) is 6.10 Å². The molecule has 2 N–H and O–H groups in total. The van der Waals surface area contributed by atoms with Gasteiger partial charge < -0.3 is 19.3 Å². The summed E-state index contributed by atoms with van der Waals surface area (Å²) in [4.78, 5) is 42.8. The summed E-state index contributed by atoms with van der Waals surface area (Å²) in [5.74, 6) is -0.965. The van der Waals surface area contributed by atoms with Crippen LogP contribution < -0.4 is 0 Å². The monoisotopic (exact) mass is 749 g/mol. The molecule has 9 heteroatoms. The van der Waals surface area contributed by atoms with E-state index < -0.39 is 32.5 Å². The zero-order chi connectivity index (χ0) is 38.2. The van der Waals surface area contributed by atoms with Crippen LogP contribution in [0, 0.1) is 0 Å². The molecule has 0 aliphatic rings. The smallest absolute Gasteiger partial charge is 0.462 e. The molecule has 0 aromatic rings. The standard InChI is InChI=1S/C43H73O8P/c1-3-5-7-9-11-13-15-17-19-21-23-25-27-29-31-33-35-37-42(44)49-39-41(40-50-52(46,47)48)51-43(45)38-36-34-32-30-28-26-24-22-20-18-16-14-12-10-8-6-4-2/h11-14,17-20,23,25,29,31,41H,3-10,15-16,21-22,24,26-28,30,32-40H2,1-2H3,(H2,46,47,48)/b13-11+,14-12+,19-17+,20-18+,25-23+,31-29+/t41-/m1/s1. The fraction of sp³-hybridized carbons (Fsp3) is 0.674. The Hall–Kier alpha value is -2.51. The molecule has 0 rings (SSSR count). The van der Waals surface area contributed by atoms with E-state index in [1.165, 1.54) is 70.6 Å². The predicted octanol–water partition coefficient (Wildman–Crippen LogP) is 12.3. The fourth-order valence-electron chi connectivity index (χ4n) is 5.16. The first-order chi connectivity index (χ1) is 25.3. The zero-order valence-electron chi connectivity index (χ0n) is 32.7. The molecule has 1 atom stereocenters. The van der Waals surface area contributed by atoms with Gasteiger partial charge in [0.2, 0.25) is 0 Å². The Balaban J connectivity index is 4.06. The van der Waals surface area contributed by atoms with Crippen molar-refractivity contribution < 1.29 is 37.9 Å². The molecule has 0 aromatic heterocycles. The highest BCUT2D eigenvalue weighted by Gasteiger charge is 2.22. The molecule has 0 aliphatic heterocycles. The van der Waals surface area contributed by atoms with Gasteiger partial charge in [-0.3, -0.25) is 14.1 Å². The molecule has 0 spiro atoms. The molecule has 0 unspecified atom stereocenters. The minimum absolute atomic E-state index is 0.186. The van der Waals surface area contributed by atoms with Gasteiger partial charge in [0.25, 0.3) is 0 Å². The zero-order valence-corrected chi connectivity index (χ0v) is 33.6. The summed E-state index contributed by atoms with van der Waals surface area (Å²) in [7, 11) is -4.77. The first-order valence-electron chi connectivity index (χ1n) is 20.2. The summed E-state index contributed by atoms with van der Waals surface area (Å²) < 4.78 is 26.3. The van der Waals surface area contributed by atoms with Crippen LogP contribution in [0.1, 0.15) is 168 Å². The molecule has 52 heavy (non-hydrogen) atoms. The molecule has 0 bridgehead atoms. The molecule has 0 heterocycles. The summed E-state index contributed by atoms with van der Waals surface area (Å²) in [6, 6.07) is 0. The van der Waals surface area contributed by atoms with E-state index in [-0.39, 0.29) is 19.4 Å². The fourth-order valence-corrected chi connectivity index (χ4v) is 5.52. The van der Waals surface area contributed by atoms with Crippen molar-refractivity contribution in [3.63, 3.8) is 0 Å². The lowest BCUT2D eigenvalue weighted by atomic mass is 10.1. The van der Waals surface area contributed by atoms with E-state index in [0.29, 0.717) is 12.8 Å². The number of ether oxygens (including phenoxy) is 2. The van der Waals surface area contributed by atoms with E-state index in [9.17, 15) is 14.2 Å². The van der Waals surface area contributed by atoms with Crippen LogP contribution in [0.3, 0.4) is 0 Å². The Morgan fingerprint density at radius 3 is 1.35 bits per heavy atom. The second-order valence-electron chi connectivity index (χ2n) is 13.2. The molecule has 298 valence electrons. The van der Waals surface area contributed by atoms with Gasteiger partial charge >= 0.3 is 19.8 Å². The van der Waals surface area contributed by atoms with Crippen molar-refractivity contribution in [3.8, 4) is 0 Å². The summed E-state index contributed by atoms with van der Waals surface area (Å²) >= 11 is 0. The third-order valence-electron chi connectivity index (χ3n) is 8.20. The Morgan fingerprint density at radius 1 is 0.500 bits per heavy atom. The van der Waals surface area contributed by atoms with Crippen LogP contribution in [0.4, 0.5) is 0 Å². The quantitative estimate of drug-likeness (QED) is 0.0281. The largest absolute Gasteiger partial charge is 0.469 e. The average Bonchev–Trinajstić information content (AvgIpc) is 3.11. The lowest BCUT2D eigenvalue weighted by Gasteiger charge is -2.18. The van der Waals surface area contributed by atoms with Gasteiger partial charge in [0.05, 0.1) is 6.61 Å². The number of carbonyl (C=O) groups excluding carboxylic acids is 2. The highest BCUT2D eigenvalue weighted by atomic mass is 31.2.